The van der Waals surface area contributed by atoms with E-state index in [1.165, 1.54) is 4.90 Å². The maximum absolute atomic E-state index is 13.6. The van der Waals surface area contributed by atoms with Gasteiger partial charge in [0.05, 0.1) is 0 Å². The molecule has 0 aliphatic rings. The van der Waals surface area contributed by atoms with Crippen LogP contribution in [0.25, 0.3) is 0 Å². The first-order chi connectivity index (χ1) is 17.3. The van der Waals surface area contributed by atoms with E-state index in [9.17, 15) is 9.59 Å². The molecule has 0 saturated heterocycles. The Bertz CT molecular complexity index is 1130. The molecule has 2 atom stereocenters. The molecule has 3 aromatic carbocycles. The summed E-state index contributed by atoms with van der Waals surface area (Å²) in [6.45, 7) is 5.76. The number of ether oxygens (including phenoxy) is 1. The van der Waals surface area contributed by atoms with Gasteiger partial charge in [-0.3, -0.25) is 9.59 Å². The van der Waals surface area contributed by atoms with Crippen molar-refractivity contribution in [1.29, 1.82) is 0 Å². The van der Waals surface area contributed by atoms with Crippen molar-refractivity contribution in [1.82, 2.24) is 10.2 Å². The van der Waals surface area contributed by atoms with Crippen LogP contribution in [0.4, 0.5) is 0 Å². The van der Waals surface area contributed by atoms with Crippen molar-refractivity contribution in [3.05, 3.63) is 99.5 Å². The standard InChI is InChI=1S/C29H32Cl2N2O3/c1-4-21(3)32-29(35)27(17-22-9-6-5-7-10-22)33(18-24-25(30)11-8-12-26(24)31)28(34)19-36-23-15-13-20(2)14-16-23/h5-16,21,27H,4,17-19H2,1-3H3,(H,32,35)/t21-,27-/m0/s1. The SMILES string of the molecule is CC[C@H](C)NC(=O)[C@H](Cc1ccccc1)N(Cc1c(Cl)cccc1Cl)C(=O)COc1ccc(C)cc1. The van der Waals surface area contributed by atoms with Gasteiger partial charge >= 0.3 is 0 Å². The summed E-state index contributed by atoms with van der Waals surface area (Å²) in [7, 11) is 0. The highest BCUT2D eigenvalue weighted by Crippen LogP contribution is 2.27. The molecule has 0 saturated carbocycles. The quantitative estimate of drug-likeness (QED) is 0.322. The van der Waals surface area contributed by atoms with Crippen LogP contribution in [0.15, 0.2) is 72.8 Å². The number of nitrogens with zero attached hydrogens (tertiary/aromatic N) is 1. The third kappa shape index (κ3) is 7.74. The molecular formula is C29H32Cl2N2O3. The number of nitrogens with one attached hydrogen (secondary N) is 1. The lowest BCUT2D eigenvalue weighted by Crippen LogP contribution is -2.53. The average Bonchev–Trinajstić information content (AvgIpc) is 2.87. The van der Waals surface area contributed by atoms with Crippen LogP contribution < -0.4 is 10.1 Å². The molecule has 0 aliphatic heterocycles. The van der Waals surface area contributed by atoms with Crippen molar-refractivity contribution in [2.75, 3.05) is 6.61 Å². The van der Waals surface area contributed by atoms with Crippen molar-refractivity contribution in [2.45, 2.75) is 52.2 Å². The summed E-state index contributed by atoms with van der Waals surface area (Å²) < 4.78 is 5.80. The minimum Gasteiger partial charge on any atom is -0.484 e. The summed E-state index contributed by atoms with van der Waals surface area (Å²) in [6.07, 6.45) is 1.10. The first-order valence-corrected chi connectivity index (χ1v) is 12.8. The van der Waals surface area contributed by atoms with Crippen LogP contribution in [0.3, 0.4) is 0 Å². The van der Waals surface area contributed by atoms with Gasteiger partial charge in [-0.2, -0.15) is 0 Å². The molecule has 0 fully saturated rings. The Balaban J connectivity index is 1.95. The summed E-state index contributed by atoms with van der Waals surface area (Å²) in [5.74, 6) is 0.000186. The molecule has 0 aromatic heterocycles. The maximum atomic E-state index is 13.6. The normalized spacial score (nSPS) is 12.5. The summed E-state index contributed by atoms with van der Waals surface area (Å²) in [4.78, 5) is 28.7. The predicted octanol–water partition coefficient (Wildman–Crippen LogP) is 6.24. The minimum absolute atomic E-state index is 0.0413. The largest absolute Gasteiger partial charge is 0.484 e. The third-order valence-electron chi connectivity index (χ3n) is 6.05. The molecule has 3 aromatic rings. The van der Waals surface area contributed by atoms with E-state index in [4.69, 9.17) is 27.9 Å². The van der Waals surface area contributed by atoms with Gasteiger partial charge in [-0.05, 0) is 50.1 Å². The monoisotopic (exact) mass is 526 g/mol. The molecule has 5 nitrogen and oxygen atoms in total. The molecule has 2 amide bonds. The highest BCUT2D eigenvalue weighted by molar-refractivity contribution is 6.36. The number of rotatable bonds is 11. The van der Waals surface area contributed by atoms with Gasteiger partial charge in [-0.25, -0.2) is 0 Å². The molecule has 1 N–H and O–H groups in total. The lowest BCUT2D eigenvalue weighted by atomic mass is 10.0. The lowest BCUT2D eigenvalue weighted by molar-refractivity contribution is -0.143. The number of halogens is 2. The van der Waals surface area contributed by atoms with Crippen molar-refractivity contribution in [2.24, 2.45) is 0 Å². The second-order valence-corrected chi connectivity index (χ2v) is 9.66. The summed E-state index contributed by atoms with van der Waals surface area (Å²) in [5, 5.41) is 3.90. The predicted molar refractivity (Wildman–Crippen MR) is 146 cm³/mol. The number of hydrogen-bond acceptors (Lipinski definition) is 3. The van der Waals surface area contributed by atoms with Gasteiger partial charge in [-0.15, -0.1) is 0 Å². The molecule has 190 valence electrons. The summed E-state index contributed by atoms with van der Waals surface area (Å²) >= 11 is 12.9. The van der Waals surface area contributed by atoms with Crippen LogP contribution >= 0.6 is 23.2 Å². The fourth-order valence-corrected chi connectivity index (χ4v) is 4.23. The van der Waals surface area contributed by atoms with E-state index in [0.717, 1.165) is 17.5 Å². The van der Waals surface area contributed by atoms with Gasteiger partial charge in [0.2, 0.25) is 5.91 Å². The molecule has 0 spiro atoms. The first-order valence-electron chi connectivity index (χ1n) is 12.0. The van der Waals surface area contributed by atoms with Crippen molar-refractivity contribution < 1.29 is 14.3 Å². The molecule has 0 bridgehead atoms. The van der Waals surface area contributed by atoms with E-state index < -0.39 is 6.04 Å². The van der Waals surface area contributed by atoms with Crippen LogP contribution in [-0.4, -0.2) is 35.4 Å². The van der Waals surface area contributed by atoms with Gasteiger partial charge in [0.15, 0.2) is 6.61 Å². The number of hydrogen-bond donors (Lipinski definition) is 1. The molecule has 7 heteroatoms. The van der Waals surface area contributed by atoms with Crippen LogP contribution in [0.1, 0.15) is 37.0 Å². The van der Waals surface area contributed by atoms with E-state index in [1.807, 2.05) is 75.4 Å². The zero-order valence-corrected chi connectivity index (χ0v) is 22.4. The Hall–Kier alpha value is -3.02. The van der Waals surface area contributed by atoms with Crippen LogP contribution in [-0.2, 0) is 22.6 Å². The fraction of sp³-hybridized carbons (Fsp3) is 0.310. The molecular weight excluding hydrogens is 495 g/mol. The molecule has 36 heavy (non-hydrogen) atoms. The zero-order valence-electron chi connectivity index (χ0n) is 20.8. The van der Waals surface area contributed by atoms with E-state index in [-0.39, 0.29) is 31.0 Å². The molecule has 0 aliphatic carbocycles. The highest BCUT2D eigenvalue weighted by Gasteiger charge is 2.32. The second kappa shape index (κ2) is 13.3. The van der Waals surface area contributed by atoms with Gasteiger partial charge in [0.25, 0.3) is 5.91 Å². The van der Waals surface area contributed by atoms with Gasteiger partial charge in [-0.1, -0.05) is 84.2 Å². The zero-order chi connectivity index (χ0) is 26.1. The van der Waals surface area contributed by atoms with Crippen LogP contribution in [0.2, 0.25) is 10.0 Å². The van der Waals surface area contributed by atoms with Gasteiger partial charge < -0.3 is 15.0 Å². The van der Waals surface area contributed by atoms with Crippen LogP contribution in [0.5, 0.6) is 5.75 Å². The van der Waals surface area contributed by atoms with Crippen molar-refractivity contribution in [3.63, 3.8) is 0 Å². The molecule has 0 radical (unpaired) electrons. The topological polar surface area (TPSA) is 58.6 Å². The first kappa shape index (κ1) is 27.6. The Kier molecular flexibility index (Phi) is 10.2. The Morgan fingerprint density at radius 1 is 0.944 bits per heavy atom. The number of amides is 2. The van der Waals surface area contributed by atoms with Crippen LogP contribution in [0, 0.1) is 6.92 Å². The fourth-order valence-electron chi connectivity index (χ4n) is 3.71. The number of benzene rings is 3. The summed E-state index contributed by atoms with van der Waals surface area (Å²) in [5.41, 5.74) is 2.61. The van der Waals surface area contributed by atoms with Crippen molar-refractivity contribution >= 4 is 35.0 Å². The average molecular weight is 527 g/mol. The van der Waals surface area contributed by atoms with E-state index in [1.54, 1.807) is 18.2 Å². The number of carbonyl (C=O) groups is 2. The smallest absolute Gasteiger partial charge is 0.261 e. The van der Waals surface area contributed by atoms with E-state index >= 15 is 0 Å². The molecule has 3 rings (SSSR count). The summed E-state index contributed by atoms with van der Waals surface area (Å²) in [6, 6.07) is 21.4. The van der Waals surface area contributed by atoms with E-state index in [2.05, 4.69) is 5.32 Å². The Morgan fingerprint density at radius 3 is 2.19 bits per heavy atom. The second-order valence-electron chi connectivity index (χ2n) is 8.85. The maximum Gasteiger partial charge on any atom is 0.261 e. The molecule has 0 heterocycles. The lowest BCUT2D eigenvalue weighted by Gasteiger charge is -2.32. The Labute approximate surface area is 223 Å². The Morgan fingerprint density at radius 2 is 1.58 bits per heavy atom. The third-order valence-corrected chi connectivity index (χ3v) is 6.75. The van der Waals surface area contributed by atoms with Gasteiger partial charge in [0.1, 0.15) is 11.8 Å². The molecule has 0 unspecified atom stereocenters. The minimum atomic E-state index is -0.789. The van der Waals surface area contributed by atoms with E-state index in [0.29, 0.717) is 27.8 Å². The highest BCUT2D eigenvalue weighted by atomic mass is 35.5. The number of carbonyl (C=O) groups excluding carboxylic acids is 2. The van der Waals surface area contributed by atoms with Gasteiger partial charge in [0, 0.05) is 34.6 Å². The number of aryl methyl sites for hydroxylation is 1. The van der Waals surface area contributed by atoms with Crippen molar-refractivity contribution in [3.8, 4) is 5.75 Å².